The van der Waals surface area contributed by atoms with Crippen LogP contribution in [0.3, 0.4) is 0 Å². The number of aromatic nitrogens is 1. The first kappa shape index (κ1) is 15.8. The predicted octanol–water partition coefficient (Wildman–Crippen LogP) is 1.52. The first-order valence-corrected chi connectivity index (χ1v) is 8.37. The normalized spacial score (nSPS) is 11.8. The molecule has 0 saturated carbocycles. The van der Waals surface area contributed by atoms with Crippen LogP contribution in [-0.2, 0) is 36.6 Å². The van der Waals surface area contributed by atoms with E-state index in [0.717, 1.165) is 17.7 Å². The van der Waals surface area contributed by atoms with E-state index in [1.165, 1.54) is 5.56 Å². The van der Waals surface area contributed by atoms with E-state index in [2.05, 4.69) is 11.6 Å². The summed E-state index contributed by atoms with van der Waals surface area (Å²) in [6, 6.07) is 9.51. The Bertz CT molecular complexity index is 703. The van der Waals surface area contributed by atoms with Gasteiger partial charge in [-0.25, -0.2) is 13.1 Å². The topological polar surface area (TPSA) is 77.1 Å². The molecule has 5 nitrogen and oxygen atoms in total. The Hall–Kier alpha value is -1.63. The van der Waals surface area contributed by atoms with Crippen molar-refractivity contribution in [2.45, 2.75) is 31.3 Å². The third-order valence-electron chi connectivity index (χ3n) is 3.50. The number of benzene rings is 1. The quantitative estimate of drug-likeness (QED) is 0.849. The minimum Gasteiger partial charge on any atom is -0.352 e. The largest absolute Gasteiger partial charge is 0.352 e. The molecule has 0 bridgehead atoms. The summed E-state index contributed by atoms with van der Waals surface area (Å²) in [6.45, 7) is 2.67. The summed E-state index contributed by atoms with van der Waals surface area (Å²) in [6.07, 6.45) is 2.54. The second kappa shape index (κ2) is 6.43. The highest BCUT2D eigenvalue weighted by Gasteiger charge is 2.16. The second-order valence-corrected chi connectivity index (χ2v) is 6.74. The van der Waals surface area contributed by atoms with E-state index in [-0.39, 0.29) is 11.4 Å². The molecule has 1 aromatic carbocycles. The van der Waals surface area contributed by atoms with Crippen LogP contribution in [0, 0.1) is 0 Å². The molecule has 0 saturated heterocycles. The number of nitrogens with one attached hydrogen (secondary N) is 1. The lowest BCUT2D eigenvalue weighted by Gasteiger charge is -2.06. The summed E-state index contributed by atoms with van der Waals surface area (Å²) in [7, 11) is -1.73. The molecule has 1 aromatic heterocycles. The molecule has 1 heterocycles. The summed E-state index contributed by atoms with van der Waals surface area (Å²) < 4.78 is 28.8. The SMILES string of the molecule is CCc1ccc(CNS(=O)(=O)c2cc(CN)n(C)c2)cc1. The van der Waals surface area contributed by atoms with Gasteiger partial charge in [0.25, 0.3) is 0 Å². The summed E-state index contributed by atoms with van der Waals surface area (Å²) in [5, 5.41) is 0. The number of hydrogen-bond donors (Lipinski definition) is 2. The fourth-order valence-corrected chi connectivity index (χ4v) is 3.19. The zero-order valence-electron chi connectivity index (χ0n) is 12.3. The Morgan fingerprint density at radius 3 is 2.33 bits per heavy atom. The molecule has 21 heavy (non-hydrogen) atoms. The zero-order valence-corrected chi connectivity index (χ0v) is 13.2. The van der Waals surface area contributed by atoms with Crippen molar-refractivity contribution in [3.05, 3.63) is 53.3 Å². The minimum absolute atomic E-state index is 0.246. The van der Waals surface area contributed by atoms with Crippen LogP contribution in [0.15, 0.2) is 41.4 Å². The van der Waals surface area contributed by atoms with Gasteiger partial charge >= 0.3 is 0 Å². The first-order chi connectivity index (χ1) is 9.96. The molecule has 0 aliphatic carbocycles. The Morgan fingerprint density at radius 2 is 1.81 bits per heavy atom. The highest BCUT2D eigenvalue weighted by atomic mass is 32.2. The molecule has 0 aliphatic heterocycles. The molecule has 3 N–H and O–H groups in total. The van der Waals surface area contributed by atoms with E-state index in [1.807, 2.05) is 24.3 Å². The molecular weight excluding hydrogens is 286 g/mol. The van der Waals surface area contributed by atoms with Gasteiger partial charge in [0.15, 0.2) is 0 Å². The van der Waals surface area contributed by atoms with Crippen molar-refractivity contribution in [1.29, 1.82) is 0 Å². The van der Waals surface area contributed by atoms with Crippen LogP contribution in [-0.4, -0.2) is 13.0 Å². The van der Waals surface area contributed by atoms with Gasteiger partial charge in [0.05, 0.1) is 4.90 Å². The van der Waals surface area contributed by atoms with Crippen LogP contribution >= 0.6 is 0 Å². The van der Waals surface area contributed by atoms with Crippen molar-refractivity contribution >= 4 is 10.0 Å². The van der Waals surface area contributed by atoms with Gasteiger partial charge in [0.2, 0.25) is 10.0 Å². The van der Waals surface area contributed by atoms with Gasteiger partial charge in [-0.15, -0.1) is 0 Å². The number of hydrogen-bond acceptors (Lipinski definition) is 3. The molecule has 6 heteroatoms. The van der Waals surface area contributed by atoms with Crippen LogP contribution in [0.1, 0.15) is 23.7 Å². The highest BCUT2D eigenvalue weighted by molar-refractivity contribution is 7.89. The van der Waals surface area contributed by atoms with Crippen molar-refractivity contribution in [2.24, 2.45) is 12.8 Å². The highest BCUT2D eigenvalue weighted by Crippen LogP contribution is 2.14. The second-order valence-electron chi connectivity index (χ2n) is 4.98. The first-order valence-electron chi connectivity index (χ1n) is 6.89. The fraction of sp³-hybridized carbons (Fsp3) is 0.333. The lowest BCUT2D eigenvalue weighted by atomic mass is 10.1. The number of nitrogens with zero attached hydrogens (tertiary/aromatic N) is 1. The van der Waals surface area contributed by atoms with Crippen LogP contribution in [0.5, 0.6) is 0 Å². The molecule has 2 aromatic rings. The van der Waals surface area contributed by atoms with Crippen molar-refractivity contribution in [3.63, 3.8) is 0 Å². The maximum Gasteiger partial charge on any atom is 0.242 e. The maximum atomic E-state index is 12.2. The summed E-state index contributed by atoms with van der Waals surface area (Å²) in [5.41, 5.74) is 8.51. The molecular formula is C15H21N3O2S. The summed E-state index contributed by atoms with van der Waals surface area (Å²) >= 11 is 0. The van der Waals surface area contributed by atoms with Crippen molar-refractivity contribution in [2.75, 3.05) is 0 Å². The predicted molar refractivity (Wildman–Crippen MR) is 83.1 cm³/mol. The van der Waals surface area contributed by atoms with E-state index in [1.54, 1.807) is 23.9 Å². The van der Waals surface area contributed by atoms with Crippen LogP contribution in [0.25, 0.3) is 0 Å². The smallest absolute Gasteiger partial charge is 0.242 e. The van der Waals surface area contributed by atoms with Crippen molar-refractivity contribution in [3.8, 4) is 0 Å². The maximum absolute atomic E-state index is 12.2. The van der Waals surface area contributed by atoms with Gasteiger partial charge in [0, 0.05) is 32.0 Å². The standard InChI is InChI=1S/C15H21N3O2S/c1-3-12-4-6-13(7-5-12)10-17-21(19,20)15-8-14(9-16)18(2)11-15/h4-8,11,17H,3,9-10,16H2,1-2H3. The number of nitrogens with two attached hydrogens (primary N) is 1. The Morgan fingerprint density at radius 1 is 1.19 bits per heavy atom. The van der Waals surface area contributed by atoms with E-state index >= 15 is 0 Å². The minimum atomic E-state index is -3.51. The molecule has 0 fully saturated rings. The monoisotopic (exact) mass is 307 g/mol. The van der Waals surface area contributed by atoms with Crippen LogP contribution in [0.2, 0.25) is 0 Å². The summed E-state index contributed by atoms with van der Waals surface area (Å²) in [4.78, 5) is 0.246. The van der Waals surface area contributed by atoms with Gasteiger partial charge in [-0.2, -0.15) is 0 Å². The molecule has 114 valence electrons. The van der Waals surface area contributed by atoms with E-state index < -0.39 is 10.0 Å². The Labute approximate surface area is 125 Å². The van der Waals surface area contributed by atoms with Gasteiger partial charge in [-0.05, 0) is 23.6 Å². The molecule has 0 spiro atoms. The van der Waals surface area contributed by atoms with E-state index in [0.29, 0.717) is 6.54 Å². The third kappa shape index (κ3) is 3.72. The van der Waals surface area contributed by atoms with E-state index in [4.69, 9.17) is 5.73 Å². The van der Waals surface area contributed by atoms with Crippen LogP contribution in [0.4, 0.5) is 0 Å². The van der Waals surface area contributed by atoms with Crippen molar-refractivity contribution < 1.29 is 8.42 Å². The lowest BCUT2D eigenvalue weighted by molar-refractivity contribution is 0.581. The van der Waals surface area contributed by atoms with Crippen molar-refractivity contribution in [1.82, 2.24) is 9.29 Å². The lowest BCUT2D eigenvalue weighted by Crippen LogP contribution is -2.22. The molecule has 0 atom stereocenters. The molecule has 0 aliphatic rings. The number of rotatable bonds is 6. The third-order valence-corrected chi connectivity index (χ3v) is 4.87. The molecule has 2 rings (SSSR count). The number of sulfonamides is 1. The molecule has 0 amide bonds. The molecule has 0 unspecified atom stereocenters. The average Bonchev–Trinajstić information content (AvgIpc) is 2.88. The van der Waals surface area contributed by atoms with E-state index in [9.17, 15) is 8.42 Å². The van der Waals surface area contributed by atoms with Gasteiger partial charge in [0.1, 0.15) is 0 Å². The zero-order chi connectivity index (χ0) is 15.5. The van der Waals surface area contributed by atoms with Gasteiger partial charge in [-0.1, -0.05) is 31.2 Å². The Balaban J connectivity index is 2.09. The van der Waals surface area contributed by atoms with Gasteiger partial charge < -0.3 is 10.3 Å². The average molecular weight is 307 g/mol. The van der Waals surface area contributed by atoms with Crippen LogP contribution < -0.4 is 10.5 Å². The molecule has 0 radical (unpaired) electrons. The fourth-order valence-electron chi connectivity index (χ4n) is 2.08. The Kier molecular flexibility index (Phi) is 4.82. The summed E-state index contributed by atoms with van der Waals surface area (Å²) in [5.74, 6) is 0. The van der Waals surface area contributed by atoms with Gasteiger partial charge in [-0.3, -0.25) is 0 Å². The number of aryl methyl sites for hydroxylation is 2.